The molecule has 4 heteroatoms. The Morgan fingerprint density at radius 1 is 1.42 bits per heavy atom. The number of nitrogens with two attached hydrogens (primary N) is 1. The monoisotopic (exact) mass is 233 g/mol. The maximum absolute atomic E-state index is 5.71. The SMILES string of the molecule is Br.CN1C(N)=NCC12CCCC2. The second kappa shape index (κ2) is 3.24. The van der Waals surface area contributed by atoms with Gasteiger partial charge in [-0.2, -0.15) is 0 Å². The second-order valence-corrected chi connectivity index (χ2v) is 3.66. The molecule has 2 rings (SSSR count). The van der Waals surface area contributed by atoms with Gasteiger partial charge < -0.3 is 10.6 Å². The summed E-state index contributed by atoms with van der Waals surface area (Å²) in [5.41, 5.74) is 6.03. The summed E-state index contributed by atoms with van der Waals surface area (Å²) in [7, 11) is 2.07. The average molecular weight is 234 g/mol. The molecule has 0 unspecified atom stereocenters. The molecule has 0 aromatic heterocycles. The topological polar surface area (TPSA) is 41.6 Å². The molecule has 1 heterocycles. The molecule has 1 spiro atoms. The maximum Gasteiger partial charge on any atom is 0.191 e. The van der Waals surface area contributed by atoms with Crippen molar-refractivity contribution in [3.05, 3.63) is 0 Å². The van der Waals surface area contributed by atoms with E-state index in [0.717, 1.165) is 12.5 Å². The molecule has 12 heavy (non-hydrogen) atoms. The van der Waals surface area contributed by atoms with Crippen LogP contribution in [0.15, 0.2) is 4.99 Å². The zero-order valence-corrected chi connectivity index (χ0v) is 9.13. The lowest BCUT2D eigenvalue weighted by molar-refractivity contribution is 0.243. The first-order valence-corrected chi connectivity index (χ1v) is 4.28. The van der Waals surface area contributed by atoms with Gasteiger partial charge in [0.25, 0.3) is 0 Å². The van der Waals surface area contributed by atoms with E-state index >= 15 is 0 Å². The molecule has 1 aliphatic heterocycles. The Labute approximate surface area is 83.8 Å². The molecular weight excluding hydrogens is 218 g/mol. The molecule has 3 nitrogen and oxygen atoms in total. The third-order valence-electron chi connectivity index (χ3n) is 3.12. The normalized spacial score (nSPS) is 25.8. The summed E-state index contributed by atoms with van der Waals surface area (Å²) in [5.74, 6) is 0.729. The lowest BCUT2D eigenvalue weighted by atomic mass is 9.98. The van der Waals surface area contributed by atoms with Crippen molar-refractivity contribution in [2.45, 2.75) is 31.2 Å². The van der Waals surface area contributed by atoms with E-state index in [1.807, 2.05) is 0 Å². The summed E-state index contributed by atoms with van der Waals surface area (Å²) in [4.78, 5) is 6.44. The van der Waals surface area contributed by atoms with Crippen LogP contribution in [0.2, 0.25) is 0 Å². The molecule has 0 aromatic rings. The van der Waals surface area contributed by atoms with Crippen molar-refractivity contribution in [3.8, 4) is 0 Å². The van der Waals surface area contributed by atoms with Crippen LogP contribution in [0.4, 0.5) is 0 Å². The van der Waals surface area contributed by atoms with Crippen LogP contribution < -0.4 is 5.73 Å². The number of hydrogen-bond acceptors (Lipinski definition) is 3. The highest BCUT2D eigenvalue weighted by molar-refractivity contribution is 8.93. The summed E-state index contributed by atoms with van der Waals surface area (Å²) in [6, 6.07) is 0. The average Bonchev–Trinajstić information content (AvgIpc) is 2.56. The third kappa shape index (κ3) is 1.22. The number of aliphatic imine (C=N–C) groups is 1. The zero-order valence-electron chi connectivity index (χ0n) is 7.42. The van der Waals surface area contributed by atoms with Crippen LogP contribution in [0.25, 0.3) is 0 Å². The Morgan fingerprint density at radius 3 is 2.42 bits per heavy atom. The molecule has 70 valence electrons. The summed E-state index contributed by atoms with van der Waals surface area (Å²) in [6.07, 6.45) is 5.22. The molecule has 1 fully saturated rings. The fourth-order valence-electron chi connectivity index (χ4n) is 2.21. The third-order valence-corrected chi connectivity index (χ3v) is 3.12. The molecule has 0 saturated heterocycles. The smallest absolute Gasteiger partial charge is 0.191 e. The molecule has 0 atom stereocenters. The second-order valence-electron chi connectivity index (χ2n) is 3.66. The molecule has 2 N–H and O–H groups in total. The van der Waals surface area contributed by atoms with Crippen LogP contribution in [0, 0.1) is 0 Å². The standard InChI is InChI=1S/C8H15N3.BrH/c1-11-7(9)10-6-8(11)4-2-3-5-8;/h2-6H2,1H3,(H2,9,10);1H. The Balaban J connectivity index is 0.000000720. The molecule has 2 aliphatic rings. The van der Waals surface area contributed by atoms with Gasteiger partial charge in [0.05, 0.1) is 12.1 Å². The summed E-state index contributed by atoms with van der Waals surface area (Å²) < 4.78 is 0. The molecule has 0 radical (unpaired) electrons. The number of hydrogen-bond donors (Lipinski definition) is 1. The Kier molecular flexibility index (Phi) is 2.66. The van der Waals surface area contributed by atoms with E-state index in [9.17, 15) is 0 Å². The van der Waals surface area contributed by atoms with Crippen molar-refractivity contribution in [3.63, 3.8) is 0 Å². The number of likely N-dealkylation sites (N-methyl/N-ethyl adjacent to an activating group) is 1. The van der Waals surface area contributed by atoms with Crippen LogP contribution in [-0.4, -0.2) is 30.0 Å². The maximum atomic E-state index is 5.71. The summed E-state index contributed by atoms with van der Waals surface area (Å²) >= 11 is 0. The van der Waals surface area contributed by atoms with Gasteiger partial charge in [-0.05, 0) is 12.8 Å². The Bertz CT molecular complexity index is 196. The van der Waals surface area contributed by atoms with Gasteiger partial charge in [0.1, 0.15) is 0 Å². The molecule has 1 saturated carbocycles. The van der Waals surface area contributed by atoms with Gasteiger partial charge in [0.15, 0.2) is 5.96 Å². The van der Waals surface area contributed by atoms with Crippen LogP contribution in [0.5, 0.6) is 0 Å². The van der Waals surface area contributed by atoms with Crippen LogP contribution >= 0.6 is 17.0 Å². The van der Waals surface area contributed by atoms with E-state index in [-0.39, 0.29) is 17.0 Å². The van der Waals surface area contributed by atoms with Crippen LogP contribution in [0.3, 0.4) is 0 Å². The van der Waals surface area contributed by atoms with Gasteiger partial charge in [-0.3, -0.25) is 4.99 Å². The first kappa shape index (κ1) is 9.84. The highest BCUT2D eigenvalue weighted by Crippen LogP contribution is 2.37. The van der Waals surface area contributed by atoms with E-state index < -0.39 is 0 Å². The highest BCUT2D eigenvalue weighted by atomic mass is 79.9. The van der Waals surface area contributed by atoms with Gasteiger partial charge in [0.2, 0.25) is 0 Å². The quantitative estimate of drug-likeness (QED) is 0.682. The number of nitrogens with zero attached hydrogens (tertiary/aromatic N) is 2. The summed E-state index contributed by atoms with van der Waals surface area (Å²) in [5, 5.41) is 0. The van der Waals surface area contributed by atoms with Gasteiger partial charge in [-0.1, -0.05) is 12.8 Å². The molecular formula is C8H16BrN3. The van der Waals surface area contributed by atoms with Crippen molar-refractivity contribution in [2.24, 2.45) is 10.7 Å². The van der Waals surface area contributed by atoms with E-state index in [4.69, 9.17) is 5.73 Å². The fourth-order valence-corrected chi connectivity index (χ4v) is 2.21. The van der Waals surface area contributed by atoms with Crippen molar-refractivity contribution in [2.75, 3.05) is 13.6 Å². The largest absolute Gasteiger partial charge is 0.370 e. The van der Waals surface area contributed by atoms with Crippen molar-refractivity contribution < 1.29 is 0 Å². The lowest BCUT2D eigenvalue weighted by Gasteiger charge is -2.32. The molecule has 0 aromatic carbocycles. The lowest BCUT2D eigenvalue weighted by Crippen LogP contribution is -2.47. The number of halogens is 1. The van der Waals surface area contributed by atoms with Gasteiger partial charge in [0, 0.05) is 7.05 Å². The Hall–Kier alpha value is -0.250. The van der Waals surface area contributed by atoms with Crippen molar-refractivity contribution in [1.29, 1.82) is 0 Å². The highest BCUT2D eigenvalue weighted by Gasteiger charge is 2.41. The first-order chi connectivity index (χ1) is 5.25. The minimum absolute atomic E-state index is 0. The minimum atomic E-state index is 0. The van der Waals surface area contributed by atoms with E-state index in [1.165, 1.54) is 25.7 Å². The van der Waals surface area contributed by atoms with Gasteiger partial charge in [-0.15, -0.1) is 17.0 Å². The van der Waals surface area contributed by atoms with Crippen molar-refractivity contribution in [1.82, 2.24) is 4.90 Å². The van der Waals surface area contributed by atoms with Crippen molar-refractivity contribution >= 4 is 22.9 Å². The predicted octanol–water partition coefficient (Wildman–Crippen LogP) is 1.14. The summed E-state index contributed by atoms with van der Waals surface area (Å²) in [6.45, 7) is 0.926. The zero-order chi connectivity index (χ0) is 7.90. The van der Waals surface area contributed by atoms with E-state index in [1.54, 1.807) is 0 Å². The van der Waals surface area contributed by atoms with Crippen LogP contribution in [0.1, 0.15) is 25.7 Å². The fraction of sp³-hybridized carbons (Fsp3) is 0.875. The minimum Gasteiger partial charge on any atom is -0.370 e. The van der Waals surface area contributed by atoms with Gasteiger partial charge in [-0.25, -0.2) is 0 Å². The first-order valence-electron chi connectivity index (χ1n) is 4.28. The predicted molar refractivity (Wildman–Crippen MR) is 55.8 cm³/mol. The molecule has 1 aliphatic carbocycles. The van der Waals surface area contributed by atoms with E-state index in [2.05, 4.69) is 16.9 Å². The molecule has 0 amide bonds. The number of guanidine groups is 1. The Morgan fingerprint density at radius 2 is 2.00 bits per heavy atom. The van der Waals surface area contributed by atoms with Crippen LogP contribution in [-0.2, 0) is 0 Å². The number of rotatable bonds is 0. The van der Waals surface area contributed by atoms with E-state index in [0.29, 0.717) is 5.54 Å². The van der Waals surface area contributed by atoms with Gasteiger partial charge >= 0.3 is 0 Å². The molecule has 0 bridgehead atoms.